The van der Waals surface area contributed by atoms with E-state index in [9.17, 15) is 17.8 Å². The largest absolute Gasteiger partial charge is 0.421 e. The molecule has 30 heavy (non-hydrogen) atoms. The first-order valence-corrected chi connectivity index (χ1v) is 15.7. The quantitative estimate of drug-likeness (QED) is 0.0875. The third kappa shape index (κ3) is 5.75. The first-order chi connectivity index (χ1) is 14.0. The lowest BCUT2D eigenvalue weighted by Gasteiger charge is -2.24. The van der Waals surface area contributed by atoms with Crippen molar-refractivity contribution >= 4 is 129 Å². The van der Waals surface area contributed by atoms with Crippen molar-refractivity contribution in [3.8, 4) is 5.75 Å². The highest BCUT2D eigenvalue weighted by Gasteiger charge is 2.27. The summed E-state index contributed by atoms with van der Waals surface area (Å²) in [5, 5.41) is 0. The number of esters is 1. The van der Waals surface area contributed by atoms with E-state index in [2.05, 4.69) is 113 Å². The maximum Gasteiger partial charge on any atom is 0.343 e. The summed E-state index contributed by atoms with van der Waals surface area (Å²) >= 11 is 11.1. The van der Waals surface area contributed by atoms with E-state index in [1.54, 1.807) is 6.07 Å². The second-order valence-electron chi connectivity index (χ2n) is 6.85. The predicted octanol–water partition coefficient (Wildman–Crippen LogP) is 7.22. The number of halogens is 5. The molecule has 1 N–H and O–H groups in total. The molecular weight excluding hydrogens is 975 g/mol. The van der Waals surface area contributed by atoms with Crippen molar-refractivity contribution in [2.24, 2.45) is 0 Å². The zero-order chi connectivity index (χ0) is 22.2. The van der Waals surface area contributed by atoms with Crippen LogP contribution in [0.15, 0.2) is 23.1 Å². The molecule has 0 bridgehead atoms. The van der Waals surface area contributed by atoms with Crippen LogP contribution < -0.4 is 4.74 Å². The van der Waals surface area contributed by atoms with Crippen molar-refractivity contribution in [2.45, 2.75) is 42.9 Å². The summed E-state index contributed by atoms with van der Waals surface area (Å²) in [5.74, 6) is -0.0324. The van der Waals surface area contributed by atoms with E-state index in [0.29, 0.717) is 11.3 Å². The molecule has 1 fully saturated rings. The van der Waals surface area contributed by atoms with Crippen LogP contribution in [0.2, 0.25) is 0 Å². The van der Waals surface area contributed by atoms with E-state index in [-0.39, 0.29) is 16.4 Å². The van der Waals surface area contributed by atoms with E-state index in [0.717, 1.165) is 50.0 Å². The van der Waals surface area contributed by atoms with Crippen molar-refractivity contribution in [3.05, 3.63) is 47.2 Å². The van der Waals surface area contributed by atoms with Crippen LogP contribution in [-0.2, 0) is 10.1 Å². The number of carbonyl (C=O) groups excluding carboxylic acids is 1. The standard InChI is InChI=1S/C19H15I5O5S/c20-13-14(21)16(23)18(17(24)15(13)22)29-19(25)10-6-7-12(30(26,27)28)11(8-10)9-4-2-1-3-5-9/h6-9H,1-5H2,(H,26,27,28). The molecule has 0 aliphatic heterocycles. The molecule has 0 amide bonds. The van der Waals surface area contributed by atoms with E-state index in [1.165, 1.54) is 12.1 Å². The maximum atomic E-state index is 13.0. The molecule has 0 radical (unpaired) electrons. The van der Waals surface area contributed by atoms with Crippen LogP contribution in [0.4, 0.5) is 0 Å². The molecule has 1 saturated carbocycles. The Labute approximate surface area is 243 Å². The molecule has 0 unspecified atom stereocenters. The number of hydrogen-bond acceptors (Lipinski definition) is 4. The molecule has 0 saturated heterocycles. The Bertz CT molecular complexity index is 1080. The summed E-state index contributed by atoms with van der Waals surface area (Å²) in [6.45, 7) is 0. The fraction of sp³-hybridized carbons (Fsp3) is 0.316. The minimum Gasteiger partial charge on any atom is -0.421 e. The van der Waals surface area contributed by atoms with Gasteiger partial charge in [-0.2, -0.15) is 8.42 Å². The summed E-state index contributed by atoms with van der Waals surface area (Å²) in [5.41, 5.74) is 0.779. The Morgan fingerprint density at radius 3 is 1.97 bits per heavy atom. The van der Waals surface area contributed by atoms with E-state index < -0.39 is 16.1 Å². The van der Waals surface area contributed by atoms with Gasteiger partial charge in [-0.1, -0.05) is 19.3 Å². The number of benzene rings is 2. The second-order valence-corrected chi connectivity index (χ2v) is 13.6. The minimum atomic E-state index is -4.37. The minimum absolute atomic E-state index is 0.00361. The lowest BCUT2D eigenvalue weighted by atomic mass is 9.83. The van der Waals surface area contributed by atoms with Crippen molar-refractivity contribution in [1.29, 1.82) is 0 Å². The molecule has 162 valence electrons. The summed E-state index contributed by atoms with van der Waals surface area (Å²) < 4.78 is 44.1. The summed E-state index contributed by atoms with van der Waals surface area (Å²) in [7, 11) is -4.37. The van der Waals surface area contributed by atoms with Gasteiger partial charge in [-0.3, -0.25) is 4.55 Å². The number of carbonyl (C=O) groups is 1. The van der Waals surface area contributed by atoms with Gasteiger partial charge in [-0.15, -0.1) is 0 Å². The number of hydrogen-bond donors (Lipinski definition) is 1. The normalized spacial score (nSPS) is 15.3. The fourth-order valence-corrected chi connectivity index (χ4v) is 9.16. The highest BCUT2D eigenvalue weighted by molar-refractivity contribution is 14.1. The molecule has 3 rings (SSSR count). The van der Waals surface area contributed by atoms with Gasteiger partial charge in [0.2, 0.25) is 0 Å². The second kappa shape index (κ2) is 10.8. The lowest BCUT2D eigenvalue weighted by molar-refractivity contribution is 0.0731. The summed E-state index contributed by atoms with van der Waals surface area (Å²) in [4.78, 5) is 12.9. The van der Waals surface area contributed by atoms with Crippen LogP contribution in [0, 0.1) is 17.9 Å². The molecule has 2 aromatic rings. The summed E-state index contributed by atoms with van der Waals surface area (Å²) in [6.07, 6.45) is 4.79. The molecular formula is C19H15I5O5S. The van der Waals surface area contributed by atoms with Crippen molar-refractivity contribution < 1.29 is 22.5 Å². The predicted molar refractivity (Wildman–Crippen MR) is 157 cm³/mol. The third-order valence-corrected chi connectivity index (χ3v) is 15.3. The molecule has 0 aromatic heterocycles. The van der Waals surface area contributed by atoms with Gasteiger partial charge in [0.25, 0.3) is 10.1 Å². The monoisotopic (exact) mass is 990 g/mol. The van der Waals surface area contributed by atoms with Crippen molar-refractivity contribution in [3.63, 3.8) is 0 Å². The van der Waals surface area contributed by atoms with E-state index in [4.69, 9.17) is 4.74 Å². The smallest absolute Gasteiger partial charge is 0.343 e. The first-order valence-electron chi connectivity index (χ1n) is 8.87. The molecule has 2 aromatic carbocycles. The zero-order valence-corrected chi connectivity index (χ0v) is 26.8. The highest BCUT2D eigenvalue weighted by Crippen LogP contribution is 2.39. The Morgan fingerprint density at radius 1 is 0.900 bits per heavy atom. The maximum absolute atomic E-state index is 13.0. The van der Waals surface area contributed by atoms with Crippen LogP contribution in [0.25, 0.3) is 0 Å². The van der Waals surface area contributed by atoms with E-state index in [1.807, 2.05) is 0 Å². The van der Waals surface area contributed by atoms with Gasteiger partial charge in [-0.05, 0) is 155 Å². The van der Waals surface area contributed by atoms with Crippen LogP contribution in [-0.4, -0.2) is 18.9 Å². The Morgan fingerprint density at radius 2 is 1.43 bits per heavy atom. The lowest BCUT2D eigenvalue weighted by Crippen LogP contribution is -2.15. The number of ether oxygens (including phenoxy) is 1. The van der Waals surface area contributed by atoms with Gasteiger partial charge in [0.05, 0.1) is 17.6 Å². The van der Waals surface area contributed by atoms with Gasteiger partial charge in [0.15, 0.2) is 5.75 Å². The Hall–Kier alpha value is 1.47. The Kier molecular flexibility index (Phi) is 9.40. The Balaban J connectivity index is 2.02. The van der Waals surface area contributed by atoms with Gasteiger partial charge >= 0.3 is 5.97 Å². The topological polar surface area (TPSA) is 80.7 Å². The number of rotatable bonds is 4. The van der Waals surface area contributed by atoms with Crippen LogP contribution in [0.5, 0.6) is 5.75 Å². The van der Waals surface area contributed by atoms with Gasteiger partial charge in [-0.25, -0.2) is 4.79 Å². The van der Waals surface area contributed by atoms with Crippen LogP contribution in [0.1, 0.15) is 53.9 Å². The molecule has 1 aliphatic carbocycles. The molecule has 0 heterocycles. The third-order valence-electron chi connectivity index (χ3n) is 4.93. The van der Waals surface area contributed by atoms with Gasteiger partial charge in [0.1, 0.15) is 0 Å². The highest BCUT2D eigenvalue weighted by atomic mass is 127. The van der Waals surface area contributed by atoms with Crippen LogP contribution >= 0.6 is 113 Å². The van der Waals surface area contributed by atoms with Crippen LogP contribution in [0.3, 0.4) is 0 Å². The fourth-order valence-electron chi connectivity index (χ4n) is 3.47. The van der Waals surface area contributed by atoms with E-state index >= 15 is 0 Å². The molecule has 0 atom stereocenters. The SMILES string of the molecule is O=C(Oc1c(I)c(I)c(I)c(I)c1I)c1ccc(S(=O)(=O)O)c(C2CCCCC2)c1. The molecule has 5 nitrogen and oxygen atoms in total. The first kappa shape index (κ1) is 26.1. The average Bonchev–Trinajstić information content (AvgIpc) is 2.73. The van der Waals surface area contributed by atoms with Gasteiger partial charge < -0.3 is 4.74 Å². The molecule has 1 aliphatic rings. The molecule has 0 spiro atoms. The van der Waals surface area contributed by atoms with Gasteiger partial charge in [0, 0.05) is 10.7 Å². The van der Waals surface area contributed by atoms with Crippen molar-refractivity contribution in [2.75, 3.05) is 0 Å². The summed E-state index contributed by atoms with van der Waals surface area (Å²) in [6, 6.07) is 4.29. The molecule has 11 heteroatoms. The zero-order valence-electron chi connectivity index (χ0n) is 15.2. The average molecular weight is 990 g/mol. The van der Waals surface area contributed by atoms with Crippen molar-refractivity contribution in [1.82, 2.24) is 0 Å².